The first-order chi connectivity index (χ1) is 14.6. The Morgan fingerprint density at radius 3 is 2.53 bits per heavy atom. The van der Waals surface area contributed by atoms with Gasteiger partial charge in [0.1, 0.15) is 18.0 Å². The number of carbonyl (C=O) groups excluding carboxylic acids is 1. The third-order valence-electron chi connectivity index (χ3n) is 4.53. The molecule has 2 aromatic carbocycles. The number of rotatable bonds is 6. The lowest BCUT2D eigenvalue weighted by Gasteiger charge is -2.07. The van der Waals surface area contributed by atoms with Crippen LogP contribution < -0.4 is 11.0 Å². The Bertz CT molecular complexity index is 1220. The molecule has 4 aromatic rings. The average molecular weight is 403 g/mol. The number of halogens is 1. The molecule has 0 aliphatic heterocycles. The molecule has 4 rings (SSSR count). The van der Waals surface area contributed by atoms with Crippen LogP contribution in [0.3, 0.4) is 0 Å². The highest BCUT2D eigenvalue weighted by Gasteiger charge is 2.12. The Balaban J connectivity index is 1.51. The van der Waals surface area contributed by atoms with E-state index in [9.17, 15) is 14.0 Å². The molecule has 0 aliphatic rings. The second kappa shape index (κ2) is 8.52. The van der Waals surface area contributed by atoms with Gasteiger partial charge in [0, 0.05) is 18.3 Å². The molecule has 1 N–H and O–H groups in total. The summed E-state index contributed by atoms with van der Waals surface area (Å²) >= 11 is 0. The predicted octanol–water partition coefficient (Wildman–Crippen LogP) is 2.55. The average Bonchev–Trinajstić information content (AvgIpc) is 3.14. The van der Waals surface area contributed by atoms with Crippen LogP contribution in [-0.4, -0.2) is 25.2 Å². The Morgan fingerprint density at radius 2 is 1.77 bits per heavy atom. The smallest absolute Gasteiger partial charge is 0.348 e. The van der Waals surface area contributed by atoms with Crippen molar-refractivity contribution in [3.05, 3.63) is 112 Å². The molecular weight excluding hydrogens is 385 g/mol. The fraction of sp³-hybridized carbons (Fsp3) is 0.0909. The van der Waals surface area contributed by atoms with Gasteiger partial charge in [-0.2, -0.15) is 5.10 Å². The second-order valence-electron chi connectivity index (χ2n) is 6.64. The maximum absolute atomic E-state index is 13.1. The zero-order valence-electron chi connectivity index (χ0n) is 15.9. The van der Waals surface area contributed by atoms with E-state index in [-0.39, 0.29) is 24.1 Å². The minimum atomic E-state index is -0.409. The lowest BCUT2D eigenvalue weighted by atomic mass is 10.2. The van der Waals surface area contributed by atoms with Crippen molar-refractivity contribution in [2.75, 3.05) is 0 Å². The van der Waals surface area contributed by atoms with Gasteiger partial charge >= 0.3 is 5.69 Å². The van der Waals surface area contributed by atoms with Crippen molar-refractivity contribution in [2.24, 2.45) is 0 Å². The predicted molar refractivity (Wildman–Crippen MR) is 109 cm³/mol. The Kier molecular flexibility index (Phi) is 5.47. The second-order valence-corrected chi connectivity index (χ2v) is 6.64. The van der Waals surface area contributed by atoms with E-state index in [1.165, 1.54) is 40.0 Å². The van der Waals surface area contributed by atoms with Crippen LogP contribution in [0.15, 0.2) is 84.0 Å². The molecule has 2 aromatic heterocycles. The van der Waals surface area contributed by atoms with Crippen molar-refractivity contribution in [3.63, 3.8) is 0 Å². The van der Waals surface area contributed by atoms with Crippen molar-refractivity contribution < 1.29 is 9.18 Å². The molecule has 150 valence electrons. The highest BCUT2D eigenvalue weighted by atomic mass is 19.1. The van der Waals surface area contributed by atoms with Crippen LogP contribution in [0.25, 0.3) is 5.82 Å². The number of nitrogens with one attached hydrogen (secondary N) is 1. The number of hydrogen-bond donors (Lipinski definition) is 1. The Labute approximate surface area is 171 Å². The molecule has 0 radical (unpaired) electrons. The number of amides is 1. The van der Waals surface area contributed by atoms with E-state index in [0.717, 1.165) is 11.1 Å². The highest BCUT2D eigenvalue weighted by molar-refractivity contribution is 5.94. The molecule has 7 nitrogen and oxygen atoms in total. The molecule has 0 unspecified atom stereocenters. The Morgan fingerprint density at radius 1 is 1.00 bits per heavy atom. The van der Waals surface area contributed by atoms with Crippen molar-refractivity contribution in [2.45, 2.75) is 13.1 Å². The summed E-state index contributed by atoms with van der Waals surface area (Å²) in [5.41, 5.74) is 1.70. The van der Waals surface area contributed by atoms with Gasteiger partial charge in [0.25, 0.3) is 5.91 Å². The number of hydrogen-bond acceptors (Lipinski definition) is 4. The van der Waals surface area contributed by atoms with Gasteiger partial charge in [0.15, 0.2) is 0 Å². The summed E-state index contributed by atoms with van der Waals surface area (Å²) in [5, 5.41) is 6.94. The molecule has 0 bridgehead atoms. The summed E-state index contributed by atoms with van der Waals surface area (Å²) in [4.78, 5) is 29.3. The summed E-state index contributed by atoms with van der Waals surface area (Å²) in [6.45, 7) is 0.593. The van der Waals surface area contributed by atoms with Crippen LogP contribution in [0.4, 0.5) is 4.39 Å². The van der Waals surface area contributed by atoms with Crippen molar-refractivity contribution >= 4 is 5.91 Å². The first-order valence-corrected chi connectivity index (χ1v) is 9.27. The van der Waals surface area contributed by atoms with Gasteiger partial charge in [-0.25, -0.2) is 23.4 Å². The highest BCUT2D eigenvalue weighted by Crippen LogP contribution is 2.07. The Hall–Kier alpha value is -4.07. The molecule has 0 saturated carbocycles. The third kappa shape index (κ3) is 4.33. The lowest BCUT2D eigenvalue weighted by molar-refractivity contribution is 0.0950. The van der Waals surface area contributed by atoms with Crippen molar-refractivity contribution in [3.8, 4) is 5.82 Å². The summed E-state index contributed by atoms with van der Waals surface area (Å²) in [5.74, 6) is -0.324. The van der Waals surface area contributed by atoms with E-state index in [1.807, 2.05) is 30.3 Å². The third-order valence-corrected chi connectivity index (χ3v) is 4.53. The van der Waals surface area contributed by atoms with Crippen LogP contribution in [0.5, 0.6) is 0 Å². The minimum absolute atomic E-state index is 0.198. The van der Waals surface area contributed by atoms with Crippen molar-refractivity contribution in [1.29, 1.82) is 0 Å². The standard InChI is InChI=1S/C22H18FN5O2/c23-19-8-6-17(7-9-19)14-28-22(30)27(15-26-28)20-12-18(10-11-24-20)21(29)25-13-16-4-2-1-3-5-16/h1-12,15H,13-14H2,(H,25,29). The van der Waals surface area contributed by atoms with E-state index in [0.29, 0.717) is 12.1 Å². The first kappa shape index (κ1) is 19.3. The number of nitrogens with zero attached hydrogens (tertiary/aromatic N) is 4. The minimum Gasteiger partial charge on any atom is -0.348 e. The number of benzene rings is 2. The first-order valence-electron chi connectivity index (χ1n) is 9.27. The molecule has 1 amide bonds. The summed E-state index contributed by atoms with van der Waals surface area (Å²) in [6.07, 6.45) is 2.82. The molecule has 0 atom stereocenters. The van der Waals surface area contributed by atoms with Gasteiger partial charge in [-0.05, 0) is 35.4 Å². The van der Waals surface area contributed by atoms with E-state index in [4.69, 9.17) is 0 Å². The molecule has 0 spiro atoms. The van der Waals surface area contributed by atoms with E-state index in [1.54, 1.807) is 18.2 Å². The van der Waals surface area contributed by atoms with Gasteiger partial charge in [-0.1, -0.05) is 42.5 Å². The molecule has 0 saturated heterocycles. The van der Waals surface area contributed by atoms with Crippen molar-refractivity contribution in [1.82, 2.24) is 24.6 Å². The van der Waals surface area contributed by atoms with Gasteiger partial charge < -0.3 is 5.32 Å². The zero-order valence-corrected chi connectivity index (χ0v) is 15.9. The number of pyridine rings is 1. The molecule has 0 fully saturated rings. The van der Waals surface area contributed by atoms with E-state index >= 15 is 0 Å². The van der Waals surface area contributed by atoms with E-state index < -0.39 is 5.69 Å². The van der Waals surface area contributed by atoms with Gasteiger partial charge in [0.2, 0.25) is 0 Å². The molecule has 2 heterocycles. The number of aromatic nitrogens is 4. The van der Waals surface area contributed by atoms with Gasteiger partial charge in [-0.3, -0.25) is 4.79 Å². The maximum Gasteiger partial charge on any atom is 0.351 e. The fourth-order valence-electron chi connectivity index (χ4n) is 2.94. The largest absolute Gasteiger partial charge is 0.351 e. The topological polar surface area (TPSA) is 81.8 Å². The van der Waals surface area contributed by atoms with Gasteiger partial charge in [-0.15, -0.1) is 0 Å². The normalized spacial score (nSPS) is 10.7. The SMILES string of the molecule is O=C(NCc1ccccc1)c1ccnc(-n2cnn(Cc3ccc(F)cc3)c2=O)c1. The van der Waals surface area contributed by atoms with E-state index in [2.05, 4.69) is 15.4 Å². The van der Waals surface area contributed by atoms with Crippen LogP contribution >= 0.6 is 0 Å². The fourth-order valence-corrected chi connectivity index (χ4v) is 2.94. The number of carbonyl (C=O) groups is 1. The zero-order chi connectivity index (χ0) is 20.9. The quantitative estimate of drug-likeness (QED) is 0.536. The lowest BCUT2D eigenvalue weighted by Crippen LogP contribution is -2.26. The molecule has 30 heavy (non-hydrogen) atoms. The molecule has 8 heteroatoms. The molecular formula is C22H18FN5O2. The monoisotopic (exact) mass is 403 g/mol. The van der Waals surface area contributed by atoms with Crippen LogP contribution in [0.1, 0.15) is 21.5 Å². The summed E-state index contributed by atoms with van der Waals surface area (Å²) in [6, 6.07) is 18.5. The van der Waals surface area contributed by atoms with Crippen LogP contribution in [-0.2, 0) is 13.1 Å². The molecule has 0 aliphatic carbocycles. The summed E-state index contributed by atoms with van der Waals surface area (Å²) < 4.78 is 15.6. The van der Waals surface area contributed by atoms with Gasteiger partial charge in [0.05, 0.1) is 6.54 Å². The van der Waals surface area contributed by atoms with Crippen LogP contribution in [0.2, 0.25) is 0 Å². The maximum atomic E-state index is 13.1. The van der Waals surface area contributed by atoms with Crippen LogP contribution in [0, 0.1) is 5.82 Å². The summed E-state index contributed by atoms with van der Waals surface area (Å²) in [7, 11) is 0.